The maximum absolute atomic E-state index is 5.41. The summed E-state index contributed by atoms with van der Waals surface area (Å²) in [4.78, 5) is 13.1. The minimum atomic E-state index is -0.163. The van der Waals surface area contributed by atoms with Gasteiger partial charge in [-0.15, -0.1) is 0 Å². The zero-order valence-corrected chi connectivity index (χ0v) is 23.4. The van der Waals surface area contributed by atoms with Crippen molar-refractivity contribution in [2.45, 2.75) is 38.1 Å². The monoisotopic (exact) mass is 529 g/mol. The molecule has 3 nitrogen and oxygen atoms in total. The molecule has 0 N–H and O–H groups in total. The fourth-order valence-electron chi connectivity index (χ4n) is 7.13. The summed E-state index contributed by atoms with van der Waals surface area (Å²) in [6.45, 7) is 4.75. The first-order chi connectivity index (χ1) is 20.1. The molecule has 0 spiro atoms. The standard InChI is InChI=1S/C38H31N3/c1-38(2)30-22-12-9-19-27(30)33-28-20-10-13-23-31(28)41(32-24-14-11-21-29(32)34(33)38)37-39-35(25-15-5-3-6-16-25)36(40-37)26-17-7-4-8-18-26/h3-12,14-22,24,35H,13,23H2,1-2H3/t35-/m1/s1. The van der Waals surface area contributed by atoms with E-state index in [0.29, 0.717) is 0 Å². The van der Waals surface area contributed by atoms with Gasteiger partial charge >= 0.3 is 0 Å². The molecule has 0 saturated carbocycles. The van der Waals surface area contributed by atoms with Gasteiger partial charge < -0.3 is 0 Å². The summed E-state index contributed by atoms with van der Waals surface area (Å²) in [6, 6.07) is 38.7. The Morgan fingerprint density at radius 3 is 2.24 bits per heavy atom. The van der Waals surface area contributed by atoms with Crippen molar-refractivity contribution in [3.8, 4) is 0 Å². The lowest BCUT2D eigenvalue weighted by molar-refractivity contribution is 0.704. The van der Waals surface area contributed by atoms with Crippen LogP contribution in [0, 0.1) is 0 Å². The second kappa shape index (κ2) is 9.14. The van der Waals surface area contributed by atoms with Gasteiger partial charge in [-0.3, -0.25) is 4.90 Å². The number of aliphatic imine (C=N–C) groups is 2. The smallest absolute Gasteiger partial charge is 0.231 e. The Morgan fingerprint density at radius 2 is 1.44 bits per heavy atom. The maximum Gasteiger partial charge on any atom is 0.231 e. The fraction of sp³-hybridized carbons (Fsp3) is 0.158. The molecule has 0 aromatic heterocycles. The number of hydrogen-bond acceptors (Lipinski definition) is 3. The first-order valence-corrected chi connectivity index (χ1v) is 14.5. The molecule has 2 aliphatic heterocycles. The van der Waals surface area contributed by atoms with E-state index in [2.05, 4.69) is 140 Å². The molecule has 4 aromatic carbocycles. The van der Waals surface area contributed by atoms with E-state index in [1.807, 2.05) is 0 Å². The molecule has 0 radical (unpaired) electrons. The number of benzene rings is 4. The summed E-state index contributed by atoms with van der Waals surface area (Å²) in [5.41, 5.74) is 13.6. The molecule has 2 heterocycles. The maximum atomic E-state index is 5.41. The van der Waals surface area contributed by atoms with Crippen LogP contribution >= 0.6 is 0 Å². The summed E-state index contributed by atoms with van der Waals surface area (Å²) in [7, 11) is 0. The van der Waals surface area contributed by atoms with Crippen molar-refractivity contribution >= 4 is 28.5 Å². The van der Waals surface area contributed by atoms with E-state index < -0.39 is 0 Å². The Morgan fingerprint density at radius 1 is 0.756 bits per heavy atom. The number of nitrogens with zero attached hydrogens (tertiary/aromatic N) is 3. The Balaban J connectivity index is 1.40. The zero-order chi connectivity index (χ0) is 27.6. The average molecular weight is 530 g/mol. The van der Waals surface area contributed by atoms with Crippen LogP contribution in [0.3, 0.4) is 0 Å². The largest absolute Gasteiger partial charge is 0.282 e. The van der Waals surface area contributed by atoms with Gasteiger partial charge in [-0.1, -0.05) is 129 Å². The summed E-state index contributed by atoms with van der Waals surface area (Å²) in [6.07, 6.45) is 6.60. The fourth-order valence-corrected chi connectivity index (χ4v) is 7.13. The summed E-state index contributed by atoms with van der Waals surface area (Å²) in [5, 5.41) is 0. The molecule has 3 heteroatoms. The Kier molecular flexibility index (Phi) is 5.36. The molecule has 1 atom stereocenters. The van der Waals surface area contributed by atoms with Gasteiger partial charge in [-0.2, -0.15) is 0 Å². The second-order valence-corrected chi connectivity index (χ2v) is 11.7. The van der Waals surface area contributed by atoms with Crippen LogP contribution in [0.5, 0.6) is 0 Å². The van der Waals surface area contributed by atoms with E-state index >= 15 is 0 Å². The lowest BCUT2D eigenvalue weighted by atomic mass is 9.77. The molecule has 4 aliphatic rings. The van der Waals surface area contributed by atoms with E-state index in [1.165, 1.54) is 39.1 Å². The van der Waals surface area contributed by atoms with Crippen LogP contribution in [-0.4, -0.2) is 11.7 Å². The normalized spacial score (nSPS) is 20.1. The topological polar surface area (TPSA) is 28.0 Å². The highest BCUT2D eigenvalue weighted by Gasteiger charge is 2.44. The molecule has 198 valence electrons. The van der Waals surface area contributed by atoms with E-state index in [-0.39, 0.29) is 11.5 Å². The number of allylic oxidation sites excluding steroid dienone is 6. The molecule has 0 unspecified atom stereocenters. The van der Waals surface area contributed by atoms with E-state index in [0.717, 1.165) is 41.3 Å². The van der Waals surface area contributed by atoms with Gasteiger partial charge in [0.25, 0.3) is 0 Å². The summed E-state index contributed by atoms with van der Waals surface area (Å²) < 4.78 is 0. The van der Waals surface area contributed by atoms with Crippen molar-refractivity contribution in [3.05, 3.63) is 160 Å². The molecule has 0 amide bonds. The minimum Gasteiger partial charge on any atom is -0.282 e. The van der Waals surface area contributed by atoms with Crippen LogP contribution in [0.25, 0.3) is 11.1 Å². The number of rotatable bonds is 2. The molecule has 0 saturated heterocycles. The molecule has 8 rings (SSSR count). The van der Waals surface area contributed by atoms with Gasteiger partial charge in [0.2, 0.25) is 5.96 Å². The third kappa shape index (κ3) is 3.58. The van der Waals surface area contributed by atoms with Gasteiger partial charge in [0.1, 0.15) is 6.04 Å². The first-order valence-electron chi connectivity index (χ1n) is 14.5. The number of fused-ring (bicyclic) bond motifs is 5. The van der Waals surface area contributed by atoms with Crippen LogP contribution in [-0.2, 0) is 5.41 Å². The lowest BCUT2D eigenvalue weighted by Gasteiger charge is -2.31. The predicted octanol–water partition coefficient (Wildman–Crippen LogP) is 8.91. The Hall–Kier alpha value is -4.76. The van der Waals surface area contributed by atoms with Crippen molar-refractivity contribution in [3.63, 3.8) is 0 Å². The molecule has 41 heavy (non-hydrogen) atoms. The van der Waals surface area contributed by atoms with Crippen molar-refractivity contribution in [1.29, 1.82) is 0 Å². The van der Waals surface area contributed by atoms with E-state index in [9.17, 15) is 0 Å². The van der Waals surface area contributed by atoms with Gasteiger partial charge in [-0.25, -0.2) is 9.98 Å². The van der Waals surface area contributed by atoms with Gasteiger partial charge in [0.05, 0.1) is 11.4 Å². The lowest BCUT2D eigenvalue weighted by Crippen LogP contribution is -2.30. The van der Waals surface area contributed by atoms with Crippen LogP contribution < -0.4 is 4.90 Å². The van der Waals surface area contributed by atoms with Gasteiger partial charge in [0, 0.05) is 22.2 Å². The third-order valence-electron chi connectivity index (χ3n) is 8.95. The molecule has 0 bridgehead atoms. The SMILES string of the molecule is CC1(C)C2=C(C3=C(CCC=C3)N(C3=N[C@H](c4ccccc4)C(c4ccccc4)=N3)c3ccccc32)c2ccccc21. The molecule has 4 aromatic rings. The van der Waals surface area contributed by atoms with Crippen LogP contribution in [0.1, 0.15) is 60.5 Å². The van der Waals surface area contributed by atoms with Gasteiger partial charge in [-0.05, 0) is 52.3 Å². The molecule has 2 aliphatic carbocycles. The Bertz CT molecular complexity index is 1850. The quantitative estimate of drug-likeness (QED) is 0.255. The third-order valence-corrected chi connectivity index (χ3v) is 8.95. The van der Waals surface area contributed by atoms with Crippen molar-refractivity contribution in [2.75, 3.05) is 4.90 Å². The number of anilines is 1. The zero-order valence-electron chi connectivity index (χ0n) is 23.4. The van der Waals surface area contributed by atoms with Crippen LogP contribution in [0.4, 0.5) is 5.69 Å². The summed E-state index contributed by atoms with van der Waals surface area (Å²) >= 11 is 0. The van der Waals surface area contributed by atoms with E-state index in [1.54, 1.807) is 0 Å². The molecule has 0 fully saturated rings. The van der Waals surface area contributed by atoms with Gasteiger partial charge in [0.15, 0.2) is 0 Å². The second-order valence-electron chi connectivity index (χ2n) is 11.7. The van der Waals surface area contributed by atoms with Crippen molar-refractivity contribution in [1.82, 2.24) is 0 Å². The van der Waals surface area contributed by atoms with E-state index in [4.69, 9.17) is 9.98 Å². The van der Waals surface area contributed by atoms with Crippen LogP contribution in [0.2, 0.25) is 0 Å². The number of hydrogen-bond donors (Lipinski definition) is 0. The molecular weight excluding hydrogens is 498 g/mol. The Labute approximate surface area is 241 Å². The average Bonchev–Trinajstić information content (AvgIpc) is 3.52. The first kappa shape index (κ1) is 24.1. The number of para-hydroxylation sites is 1. The van der Waals surface area contributed by atoms with Crippen molar-refractivity contribution in [2.24, 2.45) is 9.98 Å². The van der Waals surface area contributed by atoms with Crippen LogP contribution in [0.15, 0.2) is 143 Å². The number of guanidine groups is 1. The van der Waals surface area contributed by atoms with Crippen molar-refractivity contribution < 1.29 is 0 Å². The highest BCUT2D eigenvalue weighted by atomic mass is 15.3. The highest BCUT2D eigenvalue weighted by molar-refractivity contribution is 6.21. The summed E-state index contributed by atoms with van der Waals surface area (Å²) in [5.74, 6) is 0.764. The highest BCUT2D eigenvalue weighted by Crippen LogP contribution is 2.58. The predicted molar refractivity (Wildman–Crippen MR) is 170 cm³/mol. The molecular formula is C38H31N3. The minimum absolute atomic E-state index is 0.135.